The minimum absolute atomic E-state index is 0.0286. The first-order valence-electron chi connectivity index (χ1n) is 11.4. The maximum Gasteiger partial charge on any atom is 0.253 e. The van der Waals surface area contributed by atoms with E-state index in [1.54, 1.807) is 25.3 Å². The number of hydrogen-bond acceptors (Lipinski definition) is 3. The van der Waals surface area contributed by atoms with Crippen LogP contribution in [0.5, 0.6) is 0 Å². The lowest BCUT2D eigenvalue weighted by Gasteiger charge is -2.15. The van der Waals surface area contributed by atoms with Gasteiger partial charge in [0.2, 0.25) is 0 Å². The number of nitrogens with two attached hydrogens (primary N) is 1. The lowest BCUT2D eigenvalue weighted by molar-refractivity contribution is 0.0793. The predicted octanol–water partition coefficient (Wildman–Crippen LogP) is 5.92. The quantitative estimate of drug-likeness (QED) is 0.146. The highest BCUT2D eigenvalue weighted by Crippen LogP contribution is 2.27. The highest BCUT2D eigenvalue weighted by Gasteiger charge is 2.19. The van der Waals surface area contributed by atoms with Crippen molar-refractivity contribution in [1.29, 1.82) is 0 Å². The van der Waals surface area contributed by atoms with Crippen LogP contribution < -0.4 is 5.73 Å². The van der Waals surface area contributed by atoms with Gasteiger partial charge in [0.05, 0.1) is 0 Å². The van der Waals surface area contributed by atoms with Gasteiger partial charge in [-0.05, 0) is 62.5 Å². The maximum atomic E-state index is 14.1. The molecular formula is C26H34F2N3O2P. The number of hydrogen-bond donors (Lipinski definition) is 1. The molecule has 0 aliphatic carbocycles. The van der Waals surface area contributed by atoms with Crippen molar-refractivity contribution in [1.82, 2.24) is 4.90 Å². The Hall–Kier alpha value is -2.79. The van der Waals surface area contributed by atoms with Gasteiger partial charge >= 0.3 is 0 Å². The largest absolute Gasteiger partial charge is 0.486 e. The van der Waals surface area contributed by atoms with E-state index in [-0.39, 0.29) is 35.0 Å². The van der Waals surface area contributed by atoms with E-state index in [4.69, 9.17) is 10.5 Å². The predicted molar refractivity (Wildman–Crippen MR) is 139 cm³/mol. The zero-order chi connectivity index (χ0) is 25.3. The molecule has 2 N–H and O–H groups in total. The van der Waals surface area contributed by atoms with Gasteiger partial charge in [-0.25, -0.2) is 13.8 Å². The zero-order valence-corrected chi connectivity index (χ0v) is 21.3. The molecular weight excluding hydrogens is 455 g/mol. The molecule has 184 valence electrons. The molecule has 8 heteroatoms. The Morgan fingerprint density at radius 1 is 1.29 bits per heavy atom. The molecule has 0 spiro atoms. The molecule has 1 heterocycles. The number of likely N-dealkylation sites (tertiary alicyclic amines) is 1. The molecule has 1 saturated heterocycles. The smallest absolute Gasteiger partial charge is 0.253 e. The van der Waals surface area contributed by atoms with Gasteiger partial charge in [-0.15, -0.1) is 9.24 Å². The zero-order valence-electron chi connectivity index (χ0n) is 20.1. The van der Waals surface area contributed by atoms with Crippen LogP contribution >= 0.6 is 9.24 Å². The summed E-state index contributed by atoms with van der Waals surface area (Å²) < 4.78 is 33.6. The Kier molecular flexibility index (Phi) is 10.6. The second kappa shape index (κ2) is 13.2. The molecule has 0 aromatic heterocycles. The number of carbonyl (C=O) groups excluding carboxylic acids is 1. The van der Waals surface area contributed by atoms with Crippen molar-refractivity contribution in [2.45, 2.75) is 46.2 Å². The van der Waals surface area contributed by atoms with E-state index in [0.717, 1.165) is 37.1 Å². The number of aliphatic imine (C=N–C) groups is 1. The first kappa shape index (κ1) is 27.5. The van der Waals surface area contributed by atoms with Crippen molar-refractivity contribution < 1.29 is 18.3 Å². The standard InChI is InChI=1S/C26H34F2N3O2P/c1-5-8-23(28)24(34)22(18(3)27)16-33-19(4)25(29)30-15-17(2)20-9-11-21(12-10-20)26(32)31-13-6-7-14-31/h8-12,15,18H,4-7,13-14,16,34H2,1-3H3,(H2,29,30)/b17-15+,23-8+,24-22+. The minimum Gasteiger partial charge on any atom is -0.486 e. The SMILES string of the molecule is C=C(OC/C(=C(P)/C(F)=C\CC)C(C)F)C(N)=N/C=C(\C)c1ccc(C(=O)N2CCCC2)cc1. The van der Waals surface area contributed by atoms with Crippen LogP contribution in [0.4, 0.5) is 8.78 Å². The topological polar surface area (TPSA) is 67.9 Å². The van der Waals surface area contributed by atoms with Crippen LogP contribution in [-0.2, 0) is 4.74 Å². The van der Waals surface area contributed by atoms with Crippen molar-refractivity contribution in [2.24, 2.45) is 10.7 Å². The molecule has 2 unspecified atom stereocenters. The van der Waals surface area contributed by atoms with Crippen LogP contribution in [0.2, 0.25) is 0 Å². The van der Waals surface area contributed by atoms with Crippen LogP contribution in [0.1, 0.15) is 56.0 Å². The lowest BCUT2D eigenvalue weighted by Crippen LogP contribution is -2.27. The molecule has 1 aromatic carbocycles. The number of carbonyl (C=O) groups is 1. The Morgan fingerprint density at radius 3 is 2.44 bits per heavy atom. The first-order valence-corrected chi connectivity index (χ1v) is 11.9. The molecule has 1 aliphatic rings. The summed E-state index contributed by atoms with van der Waals surface area (Å²) in [7, 11) is 2.22. The molecule has 1 fully saturated rings. The summed E-state index contributed by atoms with van der Waals surface area (Å²) in [5, 5.41) is 0.127. The molecule has 0 saturated carbocycles. The Balaban J connectivity index is 2.04. The van der Waals surface area contributed by atoms with Gasteiger partial charge in [-0.1, -0.05) is 25.6 Å². The second-order valence-corrected chi connectivity index (χ2v) is 8.71. The monoisotopic (exact) mass is 489 g/mol. The first-order chi connectivity index (χ1) is 16.1. The molecule has 2 atom stereocenters. The summed E-state index contributed by atoms with van der Waals surface area (Å²) in [6, 6.07) is 7.34. The molecule has 2 rings (SSSR count). The van der Waals surface area contributed by atoms with Gasteiger partial charge in [-0.3, -0.25) is 4.79 Å². The van der Waals surface area contributed by atoms with Crippen LogP contribution in [0.3, 0.4) is 0 Å². The van der Waals surface area contributed by atoms with Gasteiger partial charge in [0.1, 0.15) is 18.6 Å². The van der Waals surface area contributed by atoms with Crippen molar-refractivity contribution in [2.75, 3.05) is 19.7 Å². The molecule has 0 radical (unpaired) electrons. The fourth-order valence-electron chi connectivity index (χ4n) is 3.38. The average molecular weight is 490 g/mol. The summed E-state index contributed by atoms with van der Waals surface area (Å²) in [5.74, 6) is -0.363. The highest BCUT2D eigenvalue weighted by molar-refractivity contribution is 7.23. The third kappa shape index (κ3) is 7.63. The minimum atomic E-state index is -1.41. The second-order valence-electron chi connectivity index (χ2n) is 8.13. The average Bonchev–Trinajstić information content (AvgIpc) is 3.36. The lowest BCUT2D eigenvalue weighted by atomic mass is 10.1. The Morgan fingerprint density at radius 2 is 1.88 bits per heavy atom. The maximum absolute atomic E-state index is 14.1. The van der Waals surface area contributed by atoms with Gasteiger partial charge < -0.3 is 15.4 Å². The molecule has 0 bridgehead atoms. The number of allylic oxidation sites excluding steroid dienone is 4. The van der Waals surface area contributed by atoms with Crippen molar-refractivity contribution in [3.05, 3.63) is 76.7 Å². The number of alkyl halides is 1. The summed E-state index contributed by atoms with van der Waals surface area (Å²) in [6.07, 6.45) is 4.13. The van der Waals surface area contributed by atoms with Gasteiger partial charge in [0, 0.05) is 35.7 Å². The number of nitrogens with zero attached hydrogens (tertiary/aromatic N) is 2. The van der Waals surface area contributed by atoms with E-state index in [2.05, 4.69) is 20.8 Å². The van der Waals surface area contributed by atoms with E-state index >= 15 is 0 Å². The number of amidine groups is 1. The van der Waals surface area contributed by atoms with E-state index in [1.165, 1.54) is 13.0 Å². The molecule has 34 heavy (non-hydrogen) atoms. The van der Waals surface area contributed by atoms with Crippen LogP contribution in [0.15, 0.2) is 70.6 Å². The number of benzene rings is 1. The number of amides is 1. The van der Waals surface area contributed by atoms with E-state index < -0.39 is 12.0 Å². The van der Waals surface area contributed by atoms with Crippen molar-refractivity contribution >= 4 is 26.6 Å². The summed E-state index contributed by atoms with van der Waals surface area (Å²) in [6.45, 7) is 10.1. The van der Waals surface area contributed by atoms with Crippen LogP contribution in [-0.4, -0.2) is 42.5 Å². The van der Waals surface area contributed by atoms with E-state index in [0.29, 0.717) is 12.0 Å². The van der Waals surface area contributed by atoms with Gasteiger partial charge in [0.15, 0.2) is 11.6 Å². The summed E-state index contributed by atoms with van der Waals surface area (Å²) >= 11 is 0. The molecule has 1 aromatic rings. The Bertz CT molecular complexity index is 1010. The molecule has 5 nitrogen and oxygen atoms in total. The summed E-state index contributed by atoms with van der Waals surface area (Å²) in [4.78, 5) is 18.5. The van der Waals surface area contributed by atoms with Gasteiger partial charge in [0.25, 0.3) is 5.91 Å². The van der Waals surface area contributed by atoms with Gasteiger partial charge in [-0.2, -0.15) is 0 Å². The van der Waals surface area contributed by atoms with E-state index in [1.807, 2.05) is 24.0 Å². The molecule has 1 amide bonds. The third-order valence-corrected chi connectivity index (χ3v) is 6.18. The van der Waals surface area contributed by atoms with Crippen LogP contribution in [0.25, 0.3) is 5.57 Å². The molecule has 1 aliphatic heterocycles. The van der Waals surface area contributed by atoms with E-state index in [9.17, 15) is 13.6 Å². The summed E-state index contributed by atoms with van der Waals surface area (Å²) in [5.41, 5.74) is 8.48. The fraction of sp³-hybridized carbons (Fsp3) is 0.385. The highest BCUT2D eigenvalue weighted by atomic mass is 31.0. The Labute approximate surface area is 203 Å². The normalized spacial score (nSPS) is 16.9. The number of rotatable bonds is 10. The third-order valence-electron chi connectivity index (χ3n) is 5.53. The number of halogens is 2. The van der Waals surface area contributed by atoms with Crippen molar-refractivity contribution in [3.63, 3.8) is 0 Å². The van der Waals surface area contributed by atoms with Crippen LogP contribution in [0, 0.1) is 0 Å². The fourth-order valence-corrected chi connectivity index (χ4v) is 3.81. The van der Waals surface area contributed by atoms with Crippen molar-refractivity contribution in [3.8, 4) is 0 Å². The number of ether oxygens (including phenoxy) is 1.